The molecule has 0 saturated heterocycles. The van der Waals surface area contributed by atoms with Gasteiger partial charge in [0.05, 0.1) is 30.0 Å². The number of alkyl halides is 3. The highest BCUT2D eigenvalue weighted by Gasteiger charge is 2.40. The van der Waals surface area contributed by atoms with Crippen LogP contribution in [0.15, 0.2) is 59.7 Å². The predicted octanol–water partition coefficient (Wildman–Crippen LogP) is 2.36. The van der Waals surface area contributed by atoms with E-state index in [1.165, 1.54) is 19.2 Å². The van der Waals surface area contributed by atoms with Crippen molar-refractivity contribution in [2.24, 2.45) is 0 Å². The average Bonchev–Trinajstić information content (AvgIpc) is 2.68. The number of amides is 1. The van der Waals surface area contributed by atoms with E-state index < -0.39 is 30.7 Å². The Morgan fingerprint density at radius 3 is 2.60 bits per heavy atom. The van der Waals surface area contributed by atoms with E-state index in [2.05, 4.69) is 15.6 Å². The molecule has 30 heavy (non-hydrogen) atoms. The van der Waals surface area contributed by atoms with Crippen molar-refractivity contribution < 1.29 is 27.8 Å². The van der Waals surface area contributed by atoms with E-state index in [-0.39, 0.29) is 23.6 Å². The highest BCUT2D eigenvalue weighted by molar-refractivity contribution is 6.14. The van der Waals surface area contributed by atoms with E-state index in [0.717, 1.165) is 6.92 Å². The Kier molecular flexibility index (Phi) is 7.38. The molecule has 0 fully saturated rings. The monoisotopic (exact) mass is 424 g/mol. The highest BCUT2D eigenvalue weighted by Crippen LogP contribution is 2.27. The molecule has 1 unspecified atom stereocenters. The molecule has 1 atom stereocenters. The third-order valence-electron chi connectivity index (χ3n) is 4.21. The zero-order valence-corrected chi connectivity index (χ0v) is 16.5. The summed E-state index contributed by atoms with van der Waals surface area (Å²) in [6.45, 7) is 0.350. The van der Waals surface area contributed by atoms with Gasteiger partial charge in [-0.25, -0.2) is 0 Å². The van der Waals surface area contributed by atoms with Gasteiger partial charge in [0.25, 0.3) is 5.91 Å². The lowest BCUT2D eigenvalue weighted by molar-refractivity contribution is -0.154. The number of carbonyl (C=O) groups excluding carboxylic acids is 1. The molecule has 1 amide bonds. The maximum absolute atomic E-state index is 12.8. The molecule has 0 radical (unpaired) electrons. The first-order valence-corrected chi connectivity index (χ1v) is 9.00. The first-order valence-electron chi connectivity index (χ1n) is 9.00. The molecule has 1 aliphatic carbocycles. The van der Waals surface area contributed by atoms with E-state index in [9.17, 15) is 23.1 Å². The largest absolute Gasteiger partial charge is 0.487 e. The van der Waals surface area contributed by atoms with Gasteiger partial charge >= 0.3 is 6.18 Å². The number of allylic oxidation sites excluding steroid dienone is 4. The second-order valence-corrected chi connectivity index (χ2v) is 6.91. The molecule has 2 rings (SSSR count). The summed E-state index contributed by atoms with van der Waals surface area (Å²) in [5.74, 6) is -0.527. The number of pyridine rings is 1. The number of carbonyl (C=O) groups is 1. The molecule has 10 heteroatoms. The summed E-state index contributed by atoms with van der Waals surface area (Å²) in [4.78, 5) is 16.8. The number of hydrogen-bond acceptors (Lipinski definition) is 6. The van der Waals surface area contributed by atoms with E-state index in [1.807, 2.05) is 0 Å². The van der Waals surface area contributed by atoms with Crippen LogP contribution in [0.3, 0.4) is 0 Å². The molecule has 7 nitrogen and oxygen atoms in total. The molecule has 4 N–H and O–H groups in total. The second kappa shape index (κ2) is 9.57. The van der Waals surface area contributed by atoms with Gasteiger partial charge in [0.15, 0.2) is 0 Å². The van der Waals surface area contributed by atoms with Crippen molar-refractivity contribution in [3.63, 3.8) is 0 Å². The van der Waals surface area contributed by atoms with E-state index in [0.29, 0.717) is 11.5 Å². The molecule has 0 aromatic carbocycles. The van der Waals surface area contributed by atoms with Crippen LogP contribution in [0.25, 0.3) is 0 Å². The van der Waals surface area contributed by atoms with Crippen LogP contribution in [0, 0.1) is 5.41 Å². The molecular weight excluding hydrogens is 401 g/mol. The Hall–Kier alpha value is -3.14. The first kappa shape index (κ1) is 23.1. The first-order chi connectivity index (χ1) is 14.1. The van der Waals surface area contributed by atoms with Crippen molar-refractivity contribution >= 4 is 11.6 Å². The minimum Gasteiger partial charge on any atom is -0.487 e. The van der Waals surface area contributed by atoms with Crippen molar-refractivity contribution in [1.29, 1.82) is 5.41 Å². The van der Waals surface area contributed by atoms with Gasteiger partial charge in [-0.05, 0) is 37.3 Å². The minimum atomic E-state index is -4.58. The summed E-state index contributed by atoms with van der Waals surface area (Å²) in [5, 5.41) is 22.3. The molecule has 1 aromatic rings. The van der Waals surface area contributed by atoms with Gasteiger partial charge in [-0.2, -0.15) is 13.2 Å². The van der Waals surface area contributed by atoms with E-state index in [1.54, 1.807) is 30.5 Å². The zero-order valence-electron chi connectivity index (χ0n) is 16.5. The third-order valence-corrected chi connectivity index (χ3v) is 4.21. The van der Waals surface area contributed by atoms with Crippen molar-refractivity contribution in [1.82, 2.24) is 15.6 Å². The standard InChI is InChI=1S/C20H23F3N4O3/c1-19(12-28,11-20(21,22)23)27-18(29)17(25-2)15-9-14(6-7-16(15)24)30-10-13-5-3-4-8-26-13/h3-9,24-25,28H,10-12H2,1-2H3,(H,27,29)/b17-15-,24-16?. The summed E-state index contributed by atoms with van der Waals surface area (Å²) in [7, 11) is 1.41. The fourth-order valence-electron chi connectivity index (χ4n) is 2.75. The number of aromatic nitrogens is 1. The highest BCUT2D eigenvalue weighted by atomic mass is 19.4. The van der Waals surface area contributed by atoms with Gasteiger partial charge in [0, 0.05) is 18.8 Å². The van der Waals surface area contributed by atoms with E-state index in [4.69, 9.17) is 10.1 Å². The Morgan fingerprint density at radius 1 is 1.30 bits per heavy atom. The Bertz CT molecular complexity index is 879. The van der Waals surface area contributed by atoms with Crippen molar-refractivity contribution in [3.8, 4) is 0 Å². The van der Waals surface area contributed by atoms with Gasteiger partial charge in [-0.15, -0.1) is 0 Å². The topological polar surface area (TPSA) is 107 Å². The van der Waals surface area contributed by atoms with Crippen molar-refractivity contribution in [3.05, 3.63) is 65.3 Å². The summed E-state index contributed by atoms with van der Waals surface area (Å²) in [6.07, 6.45) is 0.0325. The van der Waals surface area contributed by atoms with Gasteiger partial charge in [-0.3, -0.25) is 9.78 Å². The van der Waals surface area contributed by atoms with Crippen LogP contribution in [0.5, 0.6) is 0 Å². The predicted molar refractivity (Wildman–Crippen MR) is 104 cm³/mol. The number of nitrogens with one attached hydrogen (secondary N) is 3. The number of rotatable bonds is 8. The van der Waals surface area contributed by atoms with Crippen LogP contribution in [-0.4, -0.2) is 47.1 Å². The van der Waals surface area contributed by atoms with Crippen LogP contribution in [0.4, 0.5) is 13.2 Å². The molecular formula is C20H23F3N4O3. The summed E-state index contributed by atoms with van der Waals surface area (Å²) in [5.41, 5.74) is -1.24. The smallest absolute Gasteiger partial charge is 0.391 e. The van der Waals surface area contributed by atoms with Crippen LogP contribution < -0.4 is 10.6 Å². The molecule has 0 saturated carbocycles. The zero-order chi connectivity index (χ0) is 22.4. The summed E-state index contributed by atoms with van der Waals surface area (Å²) >= 11 is 0. The fourth-order valence-corrected chi connectivity index (χ4v) is 2.75. The Labute approximate surface area is 171 Å². The molecule has 1 heterocycles. The average molecular weight is 424 g/mol. The minimum absolute atomic E-state index is 0.0267. The van der Waals surface area contributed by atoms with Crippen molar-refractivity contribution in [2.75, 3.05) is 13.7 Å². The van der Waals surface area contributed by atoms with Gasteiger partial charge < -0.3 is 25.9 Å². The number of likely N-dealkylation sites (N-methyl/N-ethyl adjacent to an activating group) is 1. The number of aliphatic hydroxyl groups is 1. The number of hydrogen-bond donors (Lipinski definition) is 4. The van der Waals surface area contributed by atoms with Gasteiger partial charge in [-0.1, -0.05) is 6.07 Å². The summed E-state index contributed by atoms with van der Waals surface area (Å²) in [6, 6.07) is 5.34. The quantitative estimate of drug-likeness (QED) is 0.480. The lowest BCUT2D eigenvalue weighted by Gasteiger charge is -2.30. The summed E-state index contributed by atoms with van der Waals surface area (Å²) < 4.78 is 44.0. The molecule has 1 aromatic heterocycles. The van der Waals surface area contributed by atoms with Gasteiger partial charge in [0.2, 0.25) is 0 Å². The molecule has 0 bridgehead atoms. The van der Waals surface area contributed by atoms with Crippen LogP contribution in [0.1, 0.15) is 19.0 Å². The third kappa shape index (κ3) is 6.45. The number of nitrogens with zero attached hydrogens (tertiary/aromatic N) is 1. The van der Waals surface area contributed by atoms with Crippen LogP contribution in [0.2, 0.25) is 0 Å². The van der Waals surface area contributed by atoms with E-state index >= 15 is 0 Å². The second-order valence-electron chi connectivity index (χ2n) is 6.91. The maximum atomic E-state index is 12.8. The number of aliphatic hydroxyl groups excluding tert-OH is 1. The van der Waals surface area contributed by atoms with Gasteiger partial charge in [0.1, 0.15) is 18.1 Å². The SMILES string of the molecule is CN/C(C(=O)NC(C)(CO)CC(F)(F)F)=C1/C=C(OCc2ccccn2)C=CC1=N. The molecule has 1 aliphatic rings. The normalized spacial score (nSPS) is 17.7. The number of ether oxygens (including phenoxy) is 1. The number of halogens is 3. The maximum Gasteiger partial charge on any atom is 0.391 e. The molecule has 162 valence electrons. The molecule has 0 spiro atoms. The molecule has 0 aliphatic heterocycles. The Morgan fingerprint density at radius 2 is 2.03 bits per heavy atom. The lowest BCUT2D eigenvalue weighted by atomic mass is 9.97. The van der Waals surface area contributed by atoms with Crippen molar-refractivity contribution in [2.45, 2.75) is 31.7 Å². The van der Waals surface area contributed by atoms with Crippen LogP contribution in [-0.2, 0) is 16.1 Å². The lowest BCUT2D eigenvalue weighted by Crippen LogP contribution is -2.53. The fraction of sp³-hybridized carbons (Fsp3) is 0.350. The van der Waals surface area contributed by atoms with Crippen LogP contribution >= 0.6 is 0 Å². The Balaban J connectivity index is 2.24.